The highest BCUT2D eigenvalue weighted by atomic mass is 32.2. The van der Waals surface area contributed by atoms with Gasteiger partial charge in [0.2, 0.25) is 15.8 Å². The summed E-state index contributed by atoms with van der Waals surface area (Å²) in [5.74, 6) is -0.340. The lowest BCUT2D eigenvalue weighted by Gasteiger charge is -2.01. The maximum atomic E-state index is 11.5. The van der Waals surface area contributed by atoms with Gasteiger partial charge in [-0.1, -0.05) is 0 Å². The number of oxazole rings is 1. The number of carbonyl (C=O) groups excluding carboxylic acids is 1. The van der Waals surface area contributed by atoms with E-state index in [4.69, 9.17) is 9.56 Å². The van der Waals surface area contributed by atoms with Crippen LogP contribution in [-0.2, 0) is 10.0 Å². The molecule has 0 aliphatic heterocycles. The molecule has 0 atom stereocenters. The Morgan fingerprint density at radius 3 is 2.56 bits per heavy atom. The van der Waals surface area contributed by atoms with Crippen molar-refractivity contribution in [2.75, 3.05) is 12.3 Å². The third kappa shape index (κ3) is 3.63. The van der Waals surface area contributed by atoms with Crippen molar-refractivity contribution in [3.63, 3.8) is 0 Å². The highest BCUT2D eigenvalue weighted by molar-refractivity contribution is 7.89. The molecule has 1 heterocycles. The molecule has 0 saturated heterocycles. The molecule has 3 N–H and O–H groups in total. The van der Waals surface area contributed by atoms with Crippen molar-refractivity contribution in [3.8, 4) is 0 Å². The molecule has 1 rings (SSSR count). The first kappa shape index (κ1) is 12.7. The average Bonchev–Trinajstić information content (AvgIpc) is 2.43. The van der Waals surface area contributed by atoms with Gasteiger partial charge in [0, 0.05) is 13.5 Å². The molecule has 0 bridgehead atoms. The summed E-state index contributed by atoms with van der Waals surface area (Å²) < 4.78 is 26.3. The molecule has 90 valence electrons. The van der Waals surface area contributed by atoms with Crippen molar-refractivity contribution in [1.29, 1.82) is 0 Å². The molecule has 0 aliphatic carbocycles. The van der Waals surface area contributed by atoms with E-state index in [2.05, 4.69) is 10.3 Å². The average molecular weight is 247 g/mol. The van der Waals surface area contributed by atoms with E-state index in [1.807, 2.05) is 0 Å². The molecule has 7 nitrogen and oxygen atoms in total. The second-order valence-electron chi connectivity index (χ2n) is 3.27. The first-order chi connectivity index (χ1) is 7.29. The van der Waals surface area contributed by atoms with E-state index in [-0.39, 0.29) is 18.1 Å². The highest BCUT2D eigenvalue weighted by Crippen LogP contribution is 2.08. The van der Waals surface area contributed by atoms with Crippen LogP contribution in [0.5, 0.6) is 0 Å². The monoisotopic (exact) mass is 247 g/mol. The number of nitrogens with zero attached hydrogens (tertiary/aromatic N) is 1. The van der Waals surface area contributed by atoms with Crippen LogP contribution in [0.25, 0.3) is 0 Å². The fraction of sp³-hybridized carbons (Fsp3) is 0.500. The minimum atomic E-state index is -3.57. The third-order valence-corrected chi connectivity index (χ3v) is 2.56. The summed E-state index contributed by atoms with van der Waals surface area (Å²) in [6.45, 7) is 3.19. The Hall–Kier alpha value is -1.41. The first-order valence-electron chi connectivity index (χ1n) is 4.52. The van der Waals surface area contributed by atoms with E-state index in [1.54, 1.807) is 13.8 Å². The van der Waals surface area contributed by atoms with Gasteiger partial charge in [0.1, 0.15) is 0 Å². The Balaban J connectivity index is 2.57. The standard InChI is InChI=1S/C8H13N3O4S/c1-5-7(15-6(2)11-5)8(12)10-3-4-16(9,13)14/h3-4H2,1-2H3,(H,10,12)(H2,9,13,14). The molecular weight excluding hydrogens is 234 g/mol. The van der Waals surface area contributed by atoms with Gasteiger partial charge >= 0.3 is 0 Å². The zero-order valence-corrected chi connectivity index (χ0v) is 9.80. The van der Waals surface area contributed by atoms with Gasteiger partial charge in [0.05, 0.1) is 11.4 Å². The lowest BCUT2D eigenvalue weighted by molar-refractivity contribution is 0.0926. The van der Waals surface area contributed by atoms with Crippen LogP contribution >= 0.6 is 0 Å². The van der Waals surface area contributed by atoms with Crippen molar-refractivity contribution in [2.24, 2.45) is 5.14 Å². The SMILES string of the molecule is Cc1nc(C)c(C(=O)NCCS(N)(=O)=O)o1. The zero-order chi connectivity index (χ0) is 12.3. The summed E-state index contributed by atoms with van der Waals surface area (Å²) in [6, 6.07) is 0. The molecule has 1 amide bonds. The number of hydrogen-bond donors (Lipinski definition) is 2. The Morgan fingerprint density at radius 1 is 1.50 bits per heavy atom. The molecule has 0 aliphatic rings. The predicted octanol–water partition coefficient (Wildman–Crippen LogP) is -0.690. The number of carbonyl (C=O) groups is 1. The van der Waals surface area contributed by atoms with Crippen LogP contribution in [0.4, 0.5) is 0 Å². The number of aryl methyl sites for hydroxylation is 2. The van der Waals surface area contributed by atoms with Crippen LogP contribution in [-0.4, -0.2) is 31.6 Å². The van der Waals surface area contributed by atoms with E-state index < -0.39 is 15.9 Å². The maximum Gasteiger partial charge on any atom is 0.289 e. The van der Waals surface area contributed by atoms with Crippen LogP contribution < -0.4 is 10.5 Å². The molecule has 1 aromatic heterocycles. The molecule has 0 unspecified atom stereocenters. The largest absolute Gasteiger partial charge is 0.436 e. The Bertz CT molecular complexity index is 491. The van der Waals surface area contributed by atoms with Crippen LogP contribution in [0.2, 0.25) is 0 Å². The number of primary sulfonamides is 1. The molecule has 0 radical (unpaired) electrons. The van der Waals surface area contributed by atoms with E-state index in [0.717, 1.165) is 0 Å². The van der Waals surface area contributed by atoms with Crippen LogP contribution in [0.15, 0.2) is 4.42 Å². The predicted molar refractivity (Wildman–Crippen MR) is 56.3 cm³/mol. The number of nitrogens with one attached hydrogen (secondary N) is 1. The number of hydrogen-bond acceptors (Lipinski definition) is 5. The summed E-state index contributed by atoms with van der Waals surface area (Å²) in [7, 11) is -3.57. The van der Waals surface area contributed by atoms with Gasteiger partial charge in [0.15, 0.2) is 5.89 Å². The number of amides is 1. The number of nitrogens with two attached hydrogens (primary N) is 1. The third-order valence-electron chi connectivity index (χ3n) is 1.78. The molecular formula is C8H13N3O4S. The van der Waals surface area contributed by atoms with Gasteiger partial charge in [-0.15, -0.1) is 0 Å². The molecule has 0 saturated carbocycles. The van der Waals surface area contributed by atoms with E-state index >= 15 is 0 Å². The summed E-state index contributed by atoms with van der Waals surface area (Å²) in [5, 5.41) is 7.16. The van der Waals surface area contributed by atoms with Crippen molar-refractivity contribution >= 4 is 15.9 Å². The molecule has 1 aromatic rings. The number of aromatic nitrogens is 1. The fourth-order valence-corrected chi connectivity index (χ4v) is 1.52. The fourth-order valence-electron chi connectivity index (χ4n) is 1.13. The minimum Gasteiger partial charge on any atom is -0.436 e. The quantitative estimate of drug-likeness (QED) is 0.730. The molecule has 0 spiro atoms. The molecule has 16 heavy (non-hydrogen) atoms. The van der Waals surface area contributed by atoms with E-state index in [1.165, 1.54) is 0 Å². The normalized spacial score (nSPS) is 11.4. The number of sulfonamides is 1. The van der Waals surface area contributed by atoms with Gasteiger partial charge < -0.3 is 9.73 Å². The van der Waals surface area contributed by atoms with E-state index in [9.17, 15) is 13.2 Å². The van der Waals surface area contributed by atoms with Crippen LogP contribution in [0.1, 0.15) is 22.1 Å². The van der Waals surface area contributed by atoms with E-state index in [0.29, 0.717) is 11.6 Å². The first-order valence-corrected chi connectivity index (χ1v) is 6.24. The van der Waals surface area contributed by atoms with Crippen LogP contribution in [0.3, 0.4) is 0 Å². The lowest BCUT2D eigenvalue weighted by atomic mass is 10.3. The highest BCUT2D eigenvalue weighted by Gasteiger charge is 2.15. The van der Waals surface area contributed by atoms with Crippen molar-refractivity contribution in [2.45, 2.75) is 13.8 Å². The second kappa shape index (κ2) is 4.62. The Labute approximate surface area is 93.1 Å². The van der Waals surface area contributed by atoms with Gasteiger partial charge in [0.25, 0.3) is 5.91 Å². The molecule has 0 aromatic carbocycles. The van der Waals surface area contributed by atoms with Gasteiger partial charge in [-0.05, 0) is 6.92 Å². The lowest BCUT2D eigenvalue weighted by Crippen LogP contribution is -2.31. The van der Waals surface area contributed by atoms with Crippen molar-refractivity contribution < 1.29 is 17.6 Å². The minimum absolute atomic E-state index is 0.0587. The Morgan fingerprint density at radius 2 is 2.12 bits per heavy atom. The molecule has 0 fully saturated rings. The zero-order valence-electron chi connectivity index (χ0n) is 8.98. The van der Waals surface area contributed by atoms with Gasteiger partial charge in [-0.3, -0.25) is 4.79 Å². The van der Waals surface area contributed by atoms with Crippen molar-refractivity contribution in [1.82, 2.24) is 10.3 Å². The van der Waals surface area contributed by atoms with Gasteiger partial charge in [-0.2, -0.15) is 0 Å². The topological polar surface area (TPSA) is 115 Å². The Kier molecular flexibility index (Phi) is 3.66. The molecule has 8 heteroatoms. The van der Waals surface area contributed by atoms with Crippen LogP contribution in [0, 0.1) is 13.8 Å². The maximum absolute atomic E-state index is 11.5. The summed E-state index contributed by atoms with van der Waals surface area (Å²) in [6.07, 6.45) is 0. The number of rotatable bonds is 4. The summed E-state index contributed by atoms with van der Waals surface area (Å²) >= 11 is 0. The second-order valence-corrected chi connectivity index (χ2v) is 5.00. The van der Waals surface area contributed by atoms with Gasteiger partial charge in [-0.25, -0.2) is 18.5 Å². The van der Waals surface area contributed by atoms with Crippen molar-refractivity contribution in [3.05, 3.63) is 17.3 Å². The summed E-state index contributed by atoms with van der Waals surface area (Å²) in [5.41, 5.74) is 0.464. The smallest absolute Gasteiger partial charge is 0.289 e. The summed E-state index contributed by atoms with van der Waals surface area (Å²) in [4.78, 5) is 15.4.